The second-order valence-corrected chi connectivity index (χ2v) is 4.26. The molecule has 13 heavy (non-hydrogen) atoms. The number of hydrogen-bond donors (Lipinski definition) is 0. The molecule has 1 saturated carbocycles. The van der Waals surface area contributed by atoms with Crippen LogP contribution in [-0.2, 0) is 4.74 Å². The van der Waals surface area contributed by atoms with E-state index in [9.17, 15) is 0 Å². The number of rotatable bonds is 0. The van der Waals surface area contributed by atoms with Crippen LogP contribution >= 0.6 is 15.9 Å². The molecule has 0 aromatic heterocycles. The van der Waals surface area contributed by atoms with Crippen molar-refractivity contribution in [1.29, 1.82) is 0 Å². The van der Waals surface area contributed by atoms with Crippen molar-refractivity contribution >= 4 is 21.8 Å². The molecule has 2 aliphatic rings. The fraction of sp³-hybridized carbons (Fsp3) is 0.700. The van der Waals surface area contributed by atoms with E-state index in [1.165, 1.54) is 19.3 Å². The Morgan fingerprint density at radius 1 is 1.38 bits per heavy atom. The maximum absolute atomic E-state index is 5.57. The lowest BCUT2D eigenvalue weighted by atomic mass is 9.81. The number of ether oxygens (including phenoxy) is 1. The summed E-state index contributed by atoms with van der Waals surface area (Å²) in [7, 11) is 0. The van der Waals surface area contributed by atoms with Crippen molar-refractivity contribution in [2.45, 2.75) is 44.6 Å². The minimum atomic E-state index is -0.00810. The normalized spacial score (nSPS) is 29.1. The van der Waals surface area contributed by atoms with Crippen molar-refractivity contribution in [3.63, 3.8) is 0 Å². The van der Waals surface area contributed by atoms with Gasteiger partial charge in [0.15, 0.2) is 5.90 Å². The maximum atomic E-state index is 5.57. The third kappa shape index (κ3) is 1.54. The average Bonchev–Trinajstić information content (AvgIpc) is 2.43. The predicted molar refractivity (Wildman–Crippen MR) is 57.0 cm³/mol. The Labute approximate surface area is 87.2 Å². The molecule has 1 heterocycles. The zero-order valence-electron chi connectivity index (χ0n) is 7.85. The first-order valence-electron chi connectivity index (χ1n) is 4.82. The Balaban J connectivity index is 2.27. The fourth-order valence-corrected chi connectivity index (χ4v) is 2.77. The van der Waals surface area contributed by atoms with Crippen molar-refractivity contribution in [3.8, 4) is 0 Å². The number of hydrogen-bond acceptors (Lipinski definition) is 2. The summed E-state index contributed by atoms with van der Waals surface area (Å²) in [6.45, 7) is 1.93. The summed E-state index contributed by atoms with van der Waals surface area (Å²) in [5.74, 6) is 1.82. The van der Waals surface area contributed by atoms with E-state index in [2.05, 4.69) is 20.9 Å². The molecule has 72 valence electrons. The van der Waals surface area contributed by atoms with Crippen LogP contribution in [0.5, 0.6) is 0 Å². The lowest BCUT2D eigenvalue weighted by Gasteiger charge is -2.29. The van der Waals surface area contributed by atoms with Gasteiger partial charge < -0.3 is 4.74 Å². The molecule has 1 spiro atoms. The van der Waals surface area contributed by atoms with E-state index in [0.717, 1.165) is 24.5 Å². The second kappa shape index (κ2) is 3.45. The van der Waals surface area contributed by atoms with Crippen LogP contribution in [0.3, 0.4) is 0 Å². The van der Waals surface area contributed by atoms with Gasteiger partial charge in [0.05, 0.1) is 0 Å². The van der Waals surface area contributed by atoms with Crippen LogP contribution in [0.15, 0.2) is 15.7 Å². The van der Waals surface area contributed by atoms with Crippen molar-refractivity contribution in [2.24, 2.45) is 4.99 Å². The van der Waals surface area contributed by atoms with Gasteiger partial charge in [-0.15, -0.1) is 0 Å². The van der Waals surface area contributed by atoms with Gasteiger partial charge in [-0.2, -0.15) is 0 Å². The predicted octanol–water partition coefficient (Wildman–Crippen LogP) is 3.37. The second-order valence-electron chi connectivity index (χ2n) is 3.80. The molecule has 1 aliphatic heterocycles. The van der Waals surface area contributed by atoms with Crippen LogP contribution < -0.4 is 0 Å². The minimum Gasteiger partial charge on any atom is -0.445 e. The molecule has 1 aliphatic carbocycles. The molecule has 0 aromatic rings. The van der Waals surface area contributed by atoms with Crippen molar-refractivity contribution in [2.75, 3.05) is 0 Å². The summed E-state index contributed by atoms with van der Waals surface area (Å²) in [5.41, 5.74) is -0.00810. The minimum absolute atomic E-state index is 0.00810. The largest absolute Gasteiger partial charge is 0.445 e. The molecule has 0 radical (unpaired) electrons. The molecule has 0 N–H and O–H groups in total. The van der Waals surface area contributed by atoms with Gasteiger partial charge >= 0.3 is 0 Å². The lowest BCUT2D eigenvalue weighted by molar-refractivity contribution is 0.284. The Morgan fingerprint density at radius 2 is 2.08 bits per heavy atom. The Kier molecular flexibility index (Phi) is 2.45. The molecule has 3 heteroatoms. The van der Waals surface area contributed by atoms with Gasteiger partial charge in [0.25, 0.3) is 0 Å². The van der Waals surface area contributed by atoms with Gasteiger partial charge in [-0.05, 0) is 12.8 Å². The molecule has 0 saturated heterocycles. The molecular formula is C10H14BrNO. The molecule has 2 nitrogen and oxygen atoms in total. The van der Waals surface area contributed by atoms with Crippen LogP contribution in [0.25, 0.3) is 0 Å². The highest BCUT2D eigenvalue weighted by atomic mass is 79.9. The lowest BCUT2D eigenvalue weighted by Crippen LogP contribution is -2.29. The molecule has 0 amide bonds. The van der Waals surface area contributed by atoms with Crippen LogP contribution in [0, 0.1) is 0 Å². The van der Waals surface area contributed by atoms with Gasteiger partial charge in [0.1, 0.15) is 11.3 Å². The van der Waals surface area contributed by atoms with Crippen molar-refractivity contribution < 1.29 is 4.74 Å². The molecule has 0 atom stereocenters. The molecule has 0 unspecified atom stereocenters. The molecular weight excluding hydrogens is 230 g/mol. The van der Waals surface area contributed by atoms with Crippen LogP contribution in [0.4, 0.5) is 0 Å². The summed E-state index contributed by atoms with van der Waals surface area (Å²) >= 11 is 3.35. The Bertz CT molecular complexity index is 264. The van der Waals surface area contributed by atoms with E-state index in [4.69, 9.17) is 4.74 Å². The van der Waals surface area contributed by atoms with Gasteiger partial charge in [0, 0.05) is 11.9 Å². The quantitative estimate of drug-likeness (QED) is 0.640. The zero-order chi connectivity index (χ0) is 9.31. The monoisotopic (exact) mass is 243 g/mol. The van der Waals surface area contributed by atoms with E-state index in [0.29, 0.717) is 0 Å². The average molecular weight is 244 g/mol. The summed E-state index contributed by atoms with van der Waals surface area (Å²) in [6, 6.07) is 0. The highest BCUT2D eigenvalue weighted by Crippen LogP contribution is 2.42. The van der Waals surface area contributed by atoms with Crippen molar-refractivity contribution in [3.05, 3.63) is 10.7 Å². The first kappa shape index (κ1) is 9.25. The Morgan fingerprint density at radius 3 is 2.69 bits per heavy atom. The molecule has 1 fully saturated rings. The summed E-state index contributed by atoms with van der Waals surface area (Å²) in [5, 5.41) is 0. The van der Waals surface area contributed by atoms with Gasteiger partial charge in [-0.25, -0.2) is 4.99 Å². The van der Waals surface area contributed by atoms with Crippen molar-refractivity contribution in [1.82, 2.24) is 0 Å². The van der Waals surface area contributed by atoms with E-state index in [1.54, 1.807) is 0 Å². The van der Waals surface area contributed by atoms with E-state index in [-0.39, 0.29) is 5.54 Å². The van der Waals surface area contributed by atoms with Gasteiger partial charge in [-0.3, -0.25) is 0 Å². The summed E-state index contributed by atoms with van der Waals surface area (Å²) < 4.78 is 5.57. The van der Waals surface area contributed by atoms with Gasteiger partial charge in [-0.1, -0.05) is 35.2 Å². The van der Waals surface area contributed by atoms with Crippen LogP contribution in [-0.4, -0.2) is 11.4 Å². The summed E-state index contributed by atoms with van der Waals surface area (Å²) in [6.07, 6.45) is 6.16. The standard InChI is InChI=1S/C10H14BrNO/c1-8-12-10(9(7-11)13-8)5-3-2-4-6-10/h7H,2-6H2,1H3. The first-order chi connectivity index (χ1) is 6.27. The zero-order valence-corrected chi connectivity index (χ0v) is 9.43. The van der Waals surface area contributed by atoms with Crippen LogP contribution in [0.1, 0.15) is 39.0 Å². The molecule has 0 aromatic carbocycles. The molecule has 0 bridgehead atoms. The van der Waals surface area contributed by atoms with Gasteiger partial charge in [0.2, 0.25) is 0 Å². The maximum Gasteiger partial charge on any atom is 0.187 e. The smallest absolute Gasteiger partial charge is 0.187 e. The fourth-order valence-electron chi connectivity index (χ4n) is 2.25. The summed E-state index contributed by atoms with van der Waals surface area (Å²) in [4.78, 5) is 6.52. The highest BCUT2D eigenvalue weighted by Gasteiger charge is 2.41. The van der Waals surface area contributed by atoms with Crippen LogP contribution in [0.2, 0.25) is 0 Å². The SMILES string of the molecule is CC1=NC2(CCCCC2)C(=CBr)O1. The number of nitrogens with zero attached hydrogens (tertiary/aromatic N) is 1. The van der Waals surface area contributed by atoms with E-state index in [1.807, 2.05) is 11.9 Å². The molecule has 2 rings (SSSR count). The Hall–Kier alpha value is -0.310. The number of halogens is 1. The van der Waals surface area contributed by atoms with E-state index < -0.39 is 0 Å². The topological polar surface area (TPSA) is 21.6 Å². The first-order valence-corrected chi connectivity index (χ1v) is 5.74. The number of aliphatic imine (C=N–C) groups is 1. The third-order valence-electron chi connectivity index (χ3n) is 2.87. The van der Waals surface area contributed by atoms with E-state index >= 15 is 0 Å². The third-order valence-corrected chi connectivity index (χ3v) is 3.28. The highest BCUT2D eigenvalue weighted by molar-refractivity contribution is 9.11.